The molecule has 84 valence electrons. The van der Waals surface area contributed by atoms with Crippen LogP contribution in [0.3, 0.4) is 0 Å². The van der Waals surface area contributed by atoms with Crippen molar-refractivity contribution in [3.05, 3.63) is 47.7 Å². The number of ketones is 1. The normalized spacial score (nSPS) is 14.6. The fraction of sp³-hybridized carbons (Fsp3) is 0.143. The van der Waals surface area contributed by atoms with Gasteiger partial charge in [0.25, 0.3) is 0 Å². The van der Waals surface area contributed by atoms with Gasteiger partial charge < -0.3 is 0 Å². The summed E-state index contributed by atoms with van der Waals surface area (Å²) in [4.78, 5) is 17.6. The van der Waals surface area contributed by atoms with E-state index in [0.29, 0.717) is 6.42 Å². The Morgan fingerprint density at radius 2 is 2.12 bits per heavy atom. The fourth-order valence-corrected chi connectivity index (χ4v) is 2.69. The Morgan fingerprint density at radius 1 is 1.29 bits per heavy atom. The molecule has 0 saturated heterocycles. The summed E-state index contributed by atoms with van der Waals surface area (Å²) in [5.41, 5.74) is 2.55. The molecular weight excluding hydrogens is 230 g/mol. The van der Waals surface area contributed by atoms with Gasteiger partial charge in [-0.1, -0.05) is 24.3 Å². The lowest BCUT2D eigenvalue weighted by Crippen LogP contribution is -2.08. The van der Waals surface area contributed by atoms with Crippen molar-refractivity contribution in [3.8, 4) is 0 Å². The summed E-state index contributed by atoms with van der Waals surface area (Å²) >= 11 is 1.65. The van der Waals surface area contributed by atoms with E-state index in [0.717, 1.165) is 27.1 Å². The average Bonchev–Trinajstić information content (AvgIpc) is 2.38. The number of hydrogen-bond acceptors (Lipinski definition) is 3. The molecule has 2 aromatic rings. The number of pyridine rings is 1. The molecule has 0 spiro atoms. The van der Waals surface area contributed by atoms with Crippen LogP contribution in [0.1, 0.15) is 22.5 Å². The maximum atomic E-state index is 11.9. The van der Waals surface area contributed by atoms with E-state index < -0.39 is 0 Å². The van der Waals surface area contributed by atoms with Crippen molar-refractivity contribution in [2.75, 3.05) is 6.26 Å². The van der Waals surface area contributed by atoms with Crippen LogP contribution in [-0.4, -0.2) is 17.0 Å². The number of fused-ring (bicyclic) bond motifs is 2. The lowest BCUT2D eigenvalue weighted by atomic mass is 9.98. The van der Waals surface area contributed by atoms with Crippen LogP contribution < -0.4 is 0 Å². The zero-order chi connectivity index (χ0) is 11.8. The number of nitrogens with zero attached hydrogens (tertiary/aromatic N) is 1. The highest BCUT2D eigenvalue weighted by Gasteiger charge is 2.20. The van der Waals surface area contributed by atoms with Gasteiger partial charge in [-0.05, 0) is 18.4 Å². The van der Waals surface area contributed by atoms with E-state index in [1.54, 1.807) is 11.8 Å². The van der Waals surface area contributed by atoms with Crippen molar-refractivity contribution < 1.29 is 4.79 Å². The third-order valence-corrected chi connectivity index (χ3v) is 3.75. The Balaban J connectivity index is 2.33. The van der Waals surface area contributed by atoms with Crippen LogP contribution in [0.4, 0.5) is 0 Å². The van der Waals surface area contributed by atoms with E-state index in [4.69, 9.17) is 0 Å². The molecule has 0 amide bonds. The Labute approximate surface area is 104 Å². The molecule has 2 nitrogen and oxygen atoms in total. The summed E-state index contributed by atoms with van der Waals surface area (Å²) in [6.07, 6.45) is 4.47. The van der Waals surface area contributed by atoms with Crippen molar-refractivity contribution in [2.24, 2.45) is 0 Å². The average molecular weight is 241 g/mol. The van der Waals surface area contributed by atoms with Gasteiger partial charge in [-0.2, -0.15) is 0 Å². The first-order valence-corrected chi connectivity index (χ1v) is 6.69. The van der Waals surface area contributed by atoms with Gasteiger partial charge in [-0.25, -0.2) is 4.98 Å². The van der Waals surface area contributed by atoms with Crippen LogP contribution in [0, 0.1) is 0 Å². The van der Waals surface area contributed by atoms with Crippen molar-refractivity contribution in [1.29, 1.82) is 0 Å². The first-order valence-electron chi connectivity index (χ1n) is 5.47. The zero-order valence-corrected chi connectivity index (χ0v) is 10.3. The zero-order valence-electron chi connectivity index (χ0n) is 9.43. The van der Waals surface area contributed by atoms with Gasteiger partial charge in [0.05, 0.1) is 11.2 Å². The highest BCUT2D eigenvalue weighted by atomic mass is 32.2. The van der Waals surface area contributed by atoms with E-state index in [1.807, 2.05) is 42.7 Å². The van der Waals surface area contributed by atoms with Gasteiger partial charge in [0.1, 0.15) is 0 Å². The van der Waals surface area contributed by atoms with E-state index in [2.05, 4.69) is 4.98 Å². The predicted octanol–water partition coefficient (Wildman–Crippen LogP) is 3.53. The molecular formula is C14H11NOS. The minimum atomic E-state index is 0.163. The standard InChI is InChI=1S/C14H11NOS/c1-17-13-7-6-12(16)10-8-9-4-2-3-5-11(9)15-14(10)13/h2-5,7-8H,6H2,1H3. The summed E-state index contributed by atoms with van der Waals surface area (Å²) < 4.78 is 0. The van der Waals surface area contributed by atoms with Crippen LogP contribution in [0.2, 0.25) is 0 Å². The Bertz CT molecular complexity index is 646. The Kier molecular flexibility index (Phi) is 2.48. The van der Waals surface area contributed by atoms with Crippen LogP contribution >= 0.6 is 11.8 Å². The Hall–Kier alpha value is -1.61. The second-order valence-corrected chi connectivity index (χ2v) is 4.83. The molecule has 0 radical (unpaired) electrons. The first kappa shape index (κ1) is 10.5. The smallest absolute Gasteiger partial charge is 0.168 e. The number of aromatic nitrogens is 1. The number of benzene rings is 1. The molecule has 1 aromatic heterocycles. The highest BCUT2D eigenvalue weighted by molar-refractivity contribution is 8.07. The molecule has 1 aliphatic rings. The molecule has 0 fully saturated rings. The molecule has 0 N–H and O–H groups in total. The fourth-order valence-electron chi connectivity index (χ4n) is 2.09. The highest BCUT2D eigenvalue weighted by Crippen LogP contribution is 2.33. The molecule has 17 heavy (non-hydrogen) atoms. The van der Waals surface area contributed by atoms with E-state index >= 15 is 0 Å². The third-order valence-electron chi connectivity index (χ3n) is 2.95. The van der Waals surface area contributed by atoms with Crippen LogP contribution in [-0.2, 0) is 0 Å². The monoisotopic (exact) mass is 241 g/mol. The number of carbonyl (C=O) groups excluding carboxylic acids is 1. The van der Waals surface area contributed by atoms with Crippen LogP contribution in [0.5, 0.6) is 0 Å². The number of para-hydroxylation sites is 1. The number of allylic oxidation sites excluding steroid dienone is 1. The maximum absolute atomic E-state index is 11.9. The number of rotatable bonds is 1. The molecule has 3 rings (SSSR count). The summed E-state index contributed by atoms with van der Waals surface area (Å²) in [7, 11) is 0. The van der Waals surface area contributed by atoms with Gasteiger partial charge in [-0.15, -0.1) is 11.8 Å². The minimum Gasteiger partial charge on any atom is -0.294 e. The van der Waals surface area contributed by atoms with Gasteiger partial charge >= 0.3 is 0 Å². The van der Waals surface area contributed by atoms with Crippen LogP contribution in [0.25, 0.3) is 15.8 Å². The van der Waals surface area contributed by atoms with Crippen LogP contribution in [0.15, 0.2) is 36.4 Å². The van der Waals surface area contributed by atoms with Crippen molar-refractivity contribution >= 4 is 33.4 Å². The second-order valence-electron chi connectivity index (χ2n) is 3.98. The van der Waals surface area contributed by atoms with Gasteiger partial charge in [0.2, 0.25) is 0 Å². The maximum Gasteiger partial charge on any atom is 0.168 e. The van der Waals surface area contributed by atoms with Gasteiger partial charge in [0, 0.05) is 22.3 Å². The molecule has 3 heteroatoms. The minimum absolute atomic E-state index is 0.163. The third kappa shape index (κ3) is 1.67. The summed E-state index contributed by atoms with van der Waals surface area (Å²) in [6.45, 7) is 0. The molecule has 1 aliphatic carbocycles. The van der Waals surface area contributed by atoms with Gasteiger partial charge in [-0.3, -0.25) is 4.79 Å². The molecule has 0 aliphatic heterocycles. The molecule has 0 unspecified atom stereocenters. The largest absolute Gasteiger partial charge is 0.294 e. The van der Waals surface area contributed by atoms with Crippen molar-refractivity contribution in [2.45, 2.75) is 6.42 Å². The Morgan fingerprint density at radius 3 is 2.94 bits per heavy atom. The number of Topliss-reactive ketones (excluding diaryl/α,β-unsaturated/α-hetero) is 1. The van der Waals surface area contributed by atoms with E-state index in [-0.39, 0.29) is 5.78 Å². The summed E-state index contributed by atoms with van der Waals surface area (Å²) in [5.74, 6) is 0.163. The molecule has 1 aromatic carbocycles. The van der Waals surface area contributed by atoms with E-state index in [1.165, 1.54) is 0 Å². The van der Waals surface area contributed by atoms with Crippen molar-refractivity contribution in [3.63, 3.8) is 0 Å². The number of hydrogen-bond donors (Lipinski definition) is 0. The molecule has 0 atom stereocenters. The second kappa shape index (κ2) is 4.00. The molecule has 0 saturated carbocycles. The molecule has 1 heterocycles. The topological polar surface area (TPSA) is 30.0 Å². The lowest BCUT2D eigenvalue weighted by Gasteiger charge is -2.15. The molecule has 0 bridgehead atoms. The lowest BCUT2D eigenvalue weighted by molar-refractivity contribution is 0.0994. The quantitative estimate of drug-likeness (QED) is 0.765. The van der Waals surface area contributed by atoms with Gasteiger partial charge in [0.15, 0.2) is 5.78 Å². The first-order chi connectivity index (χ1) is 8.29. The number of thioether (sulfide) groups is 1. The summed E-state index contributed by atoms with van der Waals surface area (Å²) in [5, 5.41) is 1.03. The van der Waals surface area contributed by atoms with Crippen molar-refractivity contribution in [1.82, 2.24) is 4.98 Å². The SMILES string of the molecule is CSC1=CCC(=O)c2cc3ccccc3nc21. The van der Waals surface area contributed by atoms with E-state index in [9.17, 15) is 4.79 Å². The number of carbonyl (C=O) groups is 1. The predicted molar refractivity (Wildman–Crippen MR) is 72.2 cm³/mol. The summed E-state index contributed by atoms with van der Waals surface area (Å²) in [6, 6.07) is 9.87.